The fourth-order valence-electron chi connectivity index (χ4n) is 2.05. The highest BCUT2D eigenvalue weighted by Gasteiger charge is 2.16. The summed E-state index contributed by atoms with van der Waals surface area (Å²) in [6, 6.07) is 1.93. The number of hydrogen-bond donors (Lipinski definition) is 1. The van der Waals surface area contributed by atoms with Gasteiger partial charge in [-0.3, -0.25) is 4.68 Å². The van der Waals surface area contributed by atoms with Crippen molar-refractivity contribution in [1.82, 2.24) is 24.7 Å². The molecule has 112 valence electrons. The van der Waals surface area contributed by atoms with Crippen LogP contribution in [0.3, 0.4) is 0 Å². The highest BCUT2D eigenvalue weighted by Crippen LogP contribution is 2.15. The van der Waals surface area contributed by atoms with Crippen LogP contribution in [0.15, 0.2) is 12.3 Å². The van der Waals surface area contributed by atoms with Crippen molar-refractivity contribution in [1.29, 1.82) is 0 Å². The van der Waals surface area contributed by atoms with Crippen LogP contribution in [0.1, 0.15) is 5.69 Å². The minimum absolute atomic E-state index is 0.176. The zero-order chi connectivity index (χ0) is 14.7. The summed E-state index contributed by atoms with van der Waals surface area (Å²) in [4.78, 5) is 14.7. The average Bonchev–Trinajstić information content (AvgIpc) is 2.91. The van der Waals surface area contributed by atoms with Crippen LogP contribution in [0, 0.1) is 0 Å². The standard InChI is InChI=1S/C12H16ClN7O/c1-19-3-2-9(18-19)8-14-11-15-10(13)16-12(17-11)20-4-6-21-7-5-20/h2-3H,4-8H2,1H3,(H,14,15,16,17). The first-order valence-corrected chi connectivity index (χ1v) is 7.05. The van der Waals surface area contributed by atoms with Crippen LogP contribution < -0.4 is 10.2 Å². The van der Waals surface area contributed by atoms with E-state index in [4.69, 9.17) is 16.3 Å². The second-order valence-corrected chi connectivity index (χ2v) is 5.00. The van der Waals surface area contributed by atoms with Gasteiger partial charge in [-0.2, -0.15) is 20.1 Å². The molecule has 0 saturated carbocycles. The molecule has 1 fully saturated rings. The molecule has 0 unspecified atom stereocenters. The average molecular weight is 310 g/mol. The number of hydrogen-bond acceptors (Lipinski definition) is 7. The van der Waals surface area contributed by atoms with E-state index in [1.807, 2.05) is 24.2 Å². The van der Waals surface area contributed by atoms with Gasteiger partial charge in [-0.25, -0.2) is 0 Å². The Morgan fingerprint density at radius 2 is 2.10 bits per heavy atom. The molecule has 0 aromatic carbocycles. The fourth-order valence-corrected chi connectivity index (χ4v) is 2.21. The van der Waals surface area contributed by atoms with Gasteiger partial charge in [0, 0.05) is 26.3 Å². The van der Waals surface area contributed by atoms with E-state index in [1.54, 1.807) is 4.68 Å². The number of nitrogens with one attached hydrogen (secondary N) is 1. The third kappa shape index (κ3) is 3.59. The summed E-state index contributed by atoms with van der Waals surface area (Å²) in [6.45, 7) is 3.36. The molecule has 0 atom stereocenters. The third-order valence-electron chi connectivity index (χ3n) is 3.09. The van der Waals surface area contributed by atoms with Gasteiger partial charge >= 0.3 is 0 Å². The van der Waals surface area contributed by atoms with Crippen molar-refractivity contribution in [2.75, 3.05) is 36.5 Å². The first kappa shape index (κ1) is 14.0. The number of morpholine rings is 1. The molecule has 1 aliphatic heterocycles. The fraction of sp³-hybridized carbons (Fsp3) is 0.500. The summed E-state index contributed by atoms with van der Waals surface area (Å²) >= 11 is 5.98. The molecule has 0 spiro atoms. The highest BCUT2D eigenvalue weighted by atomic mass is 35.5. The molecule has 2 aromatic heterocycles. The Bertz CT molecular complexity index is 611. The number of rotatable bonds is 4. The van der Waals surface area contributed by atoms with Crippen molar-refractivity contribution in [3.63, 3.8) is 0 Å². The van der Waals surface area contributed by atoms with E-state index >= 15 is 0 Å². The predicted molar refractivity (Wildman–Crippen MR) is 78.4 cm³/mol. The van der Waals surface area contributed by atoms with Gasteiger partial charge < -0.3 is 15.0 Å². The second-order valence-electron chi connectivity index (χ2n) is 4.66. The summed E-state index contributed by atoms with van der Waals surface area (Å²) in [5.41, 5.74) is 0.905. The first-order chi connectivity index (χ1) is 10.2. The molecule has 0 radical (unpaired) electrons. The SMILES string of the molecule is Cn1ccc(CNc2nc(Cl)nc(N3CCOCC3)n2)n1. The van der Waals surface area contributed by atoms with Crippen molar-refractivity contribution in [3.05, 3.63) is 23.2 Å². The molecular formula is C12H16ClN7O. The maximum Gasteiger partial charge on any atom is 0.231 e. The van der Waals surface area contributed by atoms with Gasteiger partial charge in [0.25, 0.3) is 0 Å². The van der Waals surface area contributed by atoms with Gasteiger partial charge in [-0.1, -0.05) is 0 Å². The molecule has 0 bridgehead atoms. The normalized spacial score (nSPS) is 15.2. The van der Waals surface area contributed by atoms with Crippen LogP contribution in [0.4, 0.5) is 11.9 Å². The van der Waals surface area contributed by atoms with Crippen molar-refractivity contribution in [2.24, 2.45) is 7.05 Å². The molecule has 3 rings (SSSR count). The predicted octanol–water partition coefficient (Wildman–Crippen LogP) is 0.707. The Labute approximate surface area is 127 Å². The molecule has 1 aliphatic rings. The van der Waals surface area contributed by atoms with E-state index in [0.29, 0.717) is 31.7 Å². The van der Waals surface area contributed by atoms with Crippen molar-refractivity contribution < 1.29 is 4.74 Å². The minimum Gasteiger partial charge on any atom is -0.378 e. The Morgan fingerprint density at radius 3 is 2.81 bits per heavy atom. The summed E-state index contributed by atoms with van der Waals surface area (Å²) in [7, 11) is 1.87. The molecule has 3 heterocycles. The highest BCUT2D eigenvalue weighted by molar-refractivity contribution is 6.28. The molecule has 1 saturated heterocycles. The van der Waals surface area contributed by atoms with Crippen molar-refractivity contribution in [2.45, 2.75) is 6.54 Å². The lowest BCUT2D eigenvalue weighted by molar-refractivity contribution is 0.122. The van der Waals surface area contributed by atoms with E-state index in [1.165, 1.54) is 0 Å². The number of aryl methyl sites for hydroxylation is 1. The third-order valence-corrected chi connectivity index (χ3v) is 3.26. The Morgan fingerprint density at radius 1 is 1.29 bits per heavy atom. The van der Waals surface area contributed by atoms with Crippen LogP contribution in [0.5, 0.6) is 0 Å². The van der Waals surface area contributed by atoms with Crippen molar-refractivity contribution in [3.8, 4) is 0 Å². The molecule has 21 heavy (non-hydrogen) atoms. The van der Waals surface area contributed by atoms with Crippen molar-refractivity contribution >= 4 is 23.5 Å². The maximum atomic E-state index is 5.98. The first-order valence-electron chi connectivity index (χ1n) is 6.67. The van der Waals surface area contributed by atoms with E-state index in [-0.39, 0.29) is 5.28 Å². The molecule has 8 nitrogen and oxygen atoms in total. The van der Waals surface area contributed by atoms with Crippen LogP contribution in [0.25, 0.3) is 0 Å². The smallest absolute Gasteiger partial charge is 0.231 e. The summed E-state index contributed by atoms with van der Waals surface area (Å²) in [6.07, 6.45) is 1.89. The molecule has 1 N–H and O–H groups in total. The van der Waals surface area contributed by atoms with E-state index < -0.39 is 0 Å². The quantitative estimate of drug-likeness (QED) is 0.890. The summed E-state index contributed by atoms with van der Waals surface area (Å²) < 4.78 is 7.06. The van der Waals surface area contributed by atoms with Gasteiger partial charge in [-0.05, 0) is 17.7 Å². The van der Waals surface area contributed by atoms with Gasteiger partial charge in [0.1, 0.15) is 0 Å². The zero-order valence-electron chi connectivity index (χ0n) is 11.7. The van der Waals surface area contributed by atoms with Crippen LogP contribution in [-0.2, 0) is 18.3 Å². The van der Waals surface area contributed by atoms with Gasteiger partial charge in [0.15, 0.2) is 0 Å². The lowest BCUT2D eigenvalue weighted by atomic mass is 10.4. The number of halogens is 1. The molecule has 9 heteroatoms. The topological polar surface area (TPSA) is 81.0 Å². The summed E-state index contributed by atoms with van der Waals surface area (Å²) in [5, 5.41) is 7.57. The van der Waals surface area contributed by atoms with Gasteiger partial charge in [-0.15, -0.1) is 0 Å². The lowest BCUT2D eigenvalue weighted by Gasteiger charge is -2.26. The maximum absolute atomic E-state index is 5.98. The lowest BCUT2D eigenvalue weighted by Crippen LogP contribution is -2.37. The Balaban J connectivity index is 1.71. The zero-order valence-corrected chi connectivity index (χ0v) is 12.4. The second kappa shape index (κ2) is 6.23. The minimum atomic E-state index is 0.176. The molecular weight excluding hydrogens is 294 g/mol. The van der Waals surface area contributed by atoms with Gasteiger partial charge in [0.05, 0.1) is 25.5 Å². The number of ether oxygens (including phenoxy) is 1. The Hall–Kier alpha value is -1.93. The van der Waals surface area contributed by atoms with Gasteiger partial charge in [0.2, 0.25) is 17.2 Å². The van der Waals surface area contributed by atoms with Crippen LogP contribution in [-0.4, -0.2) is 51.0 Å². The van der Waals surface area contributed by atoms with E-state index in [0.717, 1.165) is 18.8 Å². The van der Waals surface area contributed by atoms with E-state index in [2.05, 4.69) is 25.4 Å². The van der Waals surface area contributed by atoms with E-state index in [9.17, 15) is 0 Å². The molecule has 0 amide bonds. The molecule has 2 aromatic rings. The number of anilines is 2. The Kier molecular flexibility index (Phi) is 4.16. The summed E-state index contributed by atoms with van der Waals surface area (Å²) in [5.74, 6) is 1.02. The monoisotopic (exact) mass is 309 g/mol. The number of aromatic nitrogens is 5. The largest absolute Gasteiger partial charge is 0.378 e. The van der Waals surface area contributed by atoms with Crippen LogP contribution in [0.2, 0.25) is 5.28 Å². The number of nitrogens with zero attached hydrogens (tertiary/aromatic N) is 6. The van der Waals surface area contributed by atoms with Crippen LogP contribution >= 0.6 is 11.6 Å². The molecule has 0 aliphatic carbocycles.